The molecule has 128 valence electrons. The second-order valence-electron chi connectivity index (χ2n) is 6.18. The number of hydrogen-bond acceptors (Lipinski definition) is 5. The van der Waals surface area contributed by atoms with Crippen LogP contribution in [0.15, 0.2) is 42.7 Å². The minimum atomic E-state index is 0.533. The minimum absolute atomic E-state index is 0.533. The molecule has 0 amide bonds. The van der Waals surface area contributed by atoms with Crippen molar-refractivity contribution in [1.29, 1.82) is 0 Å². The van der Waals surface area contributed by atoms with Crippen LogP contribution in [0.2, 0.25) is 0 Å². The summed E-state index contributed by atoms with van der Waals surface area (Å²) in [6.45, 7) is 3.98. The lowest BCUT2D eigenvalue weighted by Gasteiger charge is -2.18. The zero-order chi connectivity index (χ0) is 16.8. The van der Waals surface area contributed by atoms with Crippen molar-refractivity contribution in [2.75, 3.05) is 27.3 Å². The van der Waals surface area contributed by atoms with E-state index in [0.717, 1.165) is 37.7 Å². The maximum absolute atomic E-state index is 5.35. The molecule has 5 heteroatoms. The number of likely N-dealkylation sites (tertiary alicyclic amines) is 1. The van der Waals surface area contributed by atoms with Gasteiger partial charge in [0.2, 0.25) is 0 Å². The van der Waals surface area contributed by atoms with E-state index in [4.69, 9.17) is 9.47 Å². The number of hydrogen-bond donors (Lipinski definition) is 1. The van der Waals surface area contributed by atoms with Crippen molar-refractivity contribution in [2.24, 2.45) is 0 Å². The van der Waals surface area contributed by atoms with E-state index >= 15 is 0 Å². The fourth-order valence-corrected chi connectivity index (χ4v) is 3.12. The Morgan fingerprint density at radius 3 is 2.46 bits per heavy atom. The van der Waals surface area contributed by atoms with Crippen LogP contribution >= 0.6 is 0 Å². The first-order valence-corrected chi connectivity index (χ1v) is 8.33. The normalized spacial score (nSPS) is 17.8. The van der Waals surface area contributed by atoms with Crippen LogP contribution in [0.1, 0.15) is 17.5 Å². The number of nitrogens with zero attached hydrogens (tertiary/aromatic N) is 2. The van der Waals surface area contributed by atoms with Gasteiger partial charge in [0.15, 0.2) is 0 Å². The van der Waals surface area contributed by atoms with Crippen LogP contribution in [-0.2, 0) is 13.1 Å². The van der Waals surface area contributed by atoms with E-state index in [2.05, 4.69) is 39.5 Å². The number of benzene rings is 1. The summed E-state index contributed by atoms with van der Waals surface area (Å²) in [7, 11) is 3.38. The summed E-state index contributed by atoms with van der Waals surface area (Å²) in [5.41, 5.74) is 2.50. The fraction of sp³-hybridized carbons (Fsp3) is 0.421. The molecule has 0 spiro atoms. The van der Waals surface area contributed by atoms with Crippen molar-refractivity contribution in [3.8, 4) is 11.5 Å². The average Bonchev–Trinajstić information content (AvgIpc) is 3.07. The third-order valence-corrected chi connectivity index (χ3v) is 4.43. The van der Waals surface area contributed by atoms with E-state index in [1.165, 1.54) is 17.5 Å². The van der Waals surface area contributed by atoms with E-state index in [1.54, 1.807) is 14.2 Å². The molecule has 24 heavy (non-hydrogen) atoms. The summed E-state index contributed by atoms with van der Waals surface area (Å²) in [6, 6.07) is 10.7. The first kappa shape index (κ1) is 16.7. The summed E-state index contributed by atoms with van der Waals surface area (Å²) in [6.07, 6.45) is 4.86. The lowest BCUT2D eigenvalue weighted by molar-refractivity contribution is 0.317. The highest BCUT2D eigenvalue weighted by Crippen LogP contribution is 2.24. The van der Waals surface area contributed by atoms with Gasteiger partial charge in [-0.15, -0.1) is 0 Å². The smallest absolute Gasteiger partial charge is 0.122 e. The van der Waals surface area contributed by atoms with Gasteiger partial charge < -0.3 is 14.8 Å². The summed E-state index contributed by atoms with van der Waals surface area (Å²) in [5.74, 6) is 1.69. The maximum atomic E-state index is 5.35. The Hall–Kier alpha value is -2.11. The number of rotatable bonds is 7. The summed E-state index contributed by atoms with van der Waals surface area (Å²) >= 11 is 0. The summed E-state index contributed by atoms with van der Waals surface area (Å²) in [4.78, 5) is 6.53. The Labute approximate surface area is 143 Å². The van der Waals surface area contributed by atoms with E-state index in [-0.39, 0.29) is 0 Å². The van der Waals surface area contributed by atoms with E-state index < -0.39 is 0 Å². The van der Waals surface area contributed by atoms with Crippen LogP contribution in [-0.4, -0.2) is 43.2 Å². The van der Waals surface area contributed by atoms with Gasteiger partial charge in [-0.1, -0.05) is 0 Å². The zero-order valence-corrected chi connectivity index (χ0v) is 14.4. The van der Waals surface area contributed by atoms with Crippen molar-refractivity contribution >= 4 is 0 Å². The van der Waals surface area contributed by atoms with Crippen molar-refractivity contribution in [1.82, 2.24) is 15.2 Å². The van der Waals surface area contributed by atoms with E-state index in [9.17, 15) is 0 Å². The third-order valence-electron chi connectivity index (χ3n) is 4.43. The lowest BCUT2D eigenvalue weighted by atomic mass is 10.2. The largest absolute Gasteiger partial charge is 0.497 e. The Kier molecular flexibility index (Phi) is 5.67. The molecule has 2 heterocycles. The predicted molar refractivity (Wildman–Crippen MR) is 94.3 cm³/mol. The first-order chi connectivity index (χ1) is 11.8. The van der Waals surface area contributed by atoms with Gasteiger partial charge in [-0.3, -0.25) is 9.88 Å². The van der Waals surface area contributed by atoms with Gasteiger partial charge in [0.05, 0.1) is 14.2 Å². The highest BCUT2D eigenvalue weighted by molar-refractivity contribution is 5.38. The molecule has 1 N–H and O–H groups in total. The molecule has 1 aliphatic heterocycles. The average molecular weight is 327 g/mol. The highest BCUT2D eigenvalue weighted by Gasteiger charge is 2.22. The molecule has 0 radical (unpaired) electrons. The predicted octanol–water partition coefficient (Wildman–Crippen LogP) is 2.46. The van der Waals surface area contributed by atoms with Crippen LogP contribution in [0.4, 0.5) is 0 Å². The van der Waals surface area contributed by atoms with Gasteiger partial charge in [0, 0.05) is 50.7 Å². The fourth-order valence-electron chi connectivity index (χ4n) is 3.12. The molecule has 0 unspecified atom stereocenters. The monoisotopic (exact) mass is 327 g/mol. The van der Waals surface area contributed by atoms with Crippen molar-refractivity contribution < 1.29 is 9.47 Å². The van der Waals surface area contributed by atoms with Crippen LogP contribution in [0.5, 0.6) is 11.5 Å². The van der Waals surface area contributed by atoms with Crippen LogP contribution in [0.25, 0.3) is 0 Å². The molecule has 2 aromatic rings. The molecule has 0 aliphatic carbocycles. The van der Waals surface area contributed by atoms with Gasteiger partial charge in [-0.2, -0.15) is 0 Å². The van der Waals surface area contributed by atoms with Crippen molar-refractivity contribution in [3.05, 3.63) is 53.9 Å². The number of ether oxygens (including phenoxy) is 2. The van der Waals surface area contributed by atoms with Gasteiger partial charge >= 0.3 is 0 Å². The molecular formula is C19H25N3O2. The molecule has 1 aliphatic rings. The van der Waals surface area contributed by atoms with Gasteiger partial charge in [-0.05, 0) is 41.8 Å². The van der Waals surface area contributed by atoms with Gasteiger partial charge in [-0.25, -0.2) is 0 Å². The summed E-state index contributed by atoms with van der Waals surface area (Å²) in [5, 5.41) is 3.64. The molecular weight excluding hydrogens is 302 g/mol. The molecule has 0 bridgehead atoms. The molecule has 1 fully saturated rings. The van der Waals surface area contributed by atoms with E-state index in [1.807, 2.05) is 18.5 Å². The number of nitrogens with one attached hydrogen (secondary N) is 1. The number of aromatic nitrogens is 1. The second-order valence-corrected chi connectivity index (χ2v) is 6.18. The van der Waals surface area contributed by atoms with Gasteiger partial charge in [0.1, 0.15) is 11.5 Å². The standard InChI is InChI=1S/C19H25N3O2/c1-23-18-9-16(10-19(11-18)24-2)13-22-8-5-17(14-22)21-12-15-3-6-20-7-4-15/h3-4,6-7,9-11,17,21H,5,8,12-14H2,1-2H3/t17-/m0/s1. The summed E-state index contributed by atoms with van der Waals surface area (Å²) < 4.78 is 10.7. The first-order valence-electron chi connectivity index (χ1n) is 8.33. The van der Waals surface area contributed by atoms with Crippen molar-refractivity contribution in [3.63, 3.8) is 0 Å². The Balaban J connectivity index is 1.52. The highest BCUT2D eigenvalue weighted by atomic mass is 16.5. The number of pyridine rings is 1. The maximum Gasteiger partial charge on any atom is 0.122 e. The third kappa shape index (κ3) is 4.46. The SMILES string of the molecule is COc1cc(CN2CC[C@H](NCc3ccncc3)C2)cc(OC)c1. The van der Waals surface area contributed by atoms with Crippen LogP contribution in [0, 0.1) is 0 Å². The Morgan fingerprint density at radius 1 is 1.08 bits per heavy atom. The Morgan fingerprint density at radius 2 is 1.79 bits per heavy atom. The van der Waals surface area contributed by atoms with Crippen molar-refractivity contribution in [2.45, 2.75) is 25.6 Å². The molecule has 1 saturated heterocycles. The van der Waals surface area contributed by atoms with E-state index in [0.29, 0.717) is 6.04 Å². The molecule has 1 atom stereocenters. The molecule has 5 nitrogen and oxygen atoms in total. The van der Waals surface area contributed by atoms with Crippen LogP contribution in [0.3, 0.4) is 0 Å². The van der Waals surface area contributed by atoms with Crippen LogP contribution < -0.4 is 14.8 Å². The quantitative estimate of drug-likeness (QED) is 0.846. The topological polar surface area (TPSA) is 46.6 Å². The molecule has 1 aromatic heterocycles. The minimum Gasteiger partial charge on any atom is -0.497 e. The number of methoxy groups -OCH3 is 2. The molecule has 3 rings (SSSR count). The lowest BCUT2D eigenvalue weighted by Crippen LogP contribution is -2.31. The van der Waals surface area contributed by atoms with Gasteiger partial charge in [0.25, 0.3) is 0 Å². The second kappa shape index (κ2) is 8.13. The molecule has 1 aromatic carbocycles. The molecule has 0 saturated carbocycles. The zero-order valence-electron chi connectivity index (χ0n) is 14.4. The Bertz CT molecular complexity index is 626.